The number of para-hydroxylation sites is 6. The lowest BCUT2D eigenvalue weighted by Crippen LogP contribution is -2.31. The van der Waals surface area contributed by atoms with E-state index in [0.29, 0.717) is 0 Å². The second kappa shape index (κ2) is 29.5. The first-order valence-electron chi connectivity index (χ1n) is 42.8. The lowest BCUT2D eigenvalue weighted by atomic mass is 9.87. The molecule has 0 aliphatic carbocycles. The normalized spacial score (nSPS) is 12.8. The maximum Gasteiger partial charge on any atom is 0.136 e. The van der Waals surface area contributed by atoms with E-state index in [1.54, 1.807) is 0 Å². The summed E-state index contributed by atoms with van der Waals surface area (Å²) in [6.07, 6.45) is 4.84. The van der Waals surface area contributed by atoms with E-state index in [1.807, 2.05) is 11.3 Å². The van der Waals surface area contributed by atoms with Gasteiger partial charge in [-0.1, -0.05) is 365 Å². The van der Waals surface area contributed by atoms with Crippen molar-refractivity contribution in [2.24, 2.45) is 0 Å². The second-order valence-electron chi connectivity index (χ2n) is 33.2. The summed E-state index contributed by atoms with van der Waals surface area (Å²) < 4.78 is 15.3. The average molecular weight is 1620 g/mol. The van der Waals surface area contributed by atoms with E-state index in [9.17, 15) is 0 Å². The quantitative estimate of drug-likeness (QED) is 0.105. The Morgan fingerprint density at radius 2 is 0.508 bits per heavy atom. The van der Waals surface area contributed by atoms with Gasteiger partial charge in [-0.15, -0.1) is 11.3 Å². The zero-order valence-corrected chi connectivity index (χ0v) is 70.1. The minimum absolute atomic E-state index is 0.884. The molecule has 4 nitrogen and oxygen atoms in total. The van der Waals surface area contributed by atoms with E-state index in [4.69, 9.17) is 4.42 Å². The third-order valence-corrected chi connectivity index (χ3v) is 30.5. The average Bonchev–Trinajstić information content (AvgIpc) is 1.51. The Hall–Kier alpha value is -15.4. The molecule has 0 saturated carbocycles. The molecular weight excluding hydrogens is 1540 g/mol. The highest BCUT2D eigenvalue weighted by Gasteiger charge is 2.39. The largest absolute Gasteiger partial charge is 0.456 e. The summed E-state index contributed by atoms with van der Waals surface area (Å²) in [5, 5.41) is 28.4. The molecule has 25 aromatic rings. The van der Waals surface area contributed by atoms with Crippen LogP contribution in [-0.2, 0) is 0 Å². The number of furan rings is 1. The zero-order valence-electron chi connectivity index (χ0n) is 68.3. The van der Waals surface area contributed by atoms with Gasteiger partial charge in [0.1, 0.15) is 19.4 Å². The van der Waals surface area contributed by atoms with Crippen molar-refractivity contribution in [1.29, 1.82) is 0 Å². The molecule has 0 spiro atoms. The molecule has 6 heteroatoms. The fraction of sp³-hybridized carbons (Fsp3) is 0.0169. The predicted octanol–water partition coefficient (Wildman–Crippen LogP) is 33.3. The highest BCUT2D eigenvalue weighted by molar-refractivity contribution is 7.22. The summed E-state index contributed by atoms with van der Waals surface area (Å²) in [4.78, 5) is 1.30. The number of nitrogens with zero attached hydrogens (tertiary/aromatic N) is 3. The summed E-state index contributed by atoms with van der Waals surface area (Å²) in [5.74, 6) is 0.886. The van der Waals surface area contributed by atoms with Gasteiger partial charge in [-0.05, 0) is 205 Å². The zero-order chi connectivity index (χ0) is 82.1. The molecule has 1 aliphatic rings. The molecule has 0 radical (unpaired) electrons. The van der Waals surface area contributed by atoms with E-state index in [0.717, 1.165) is 28.0 Å². The Bertz CT molecular complexity index is 8030. The predicted molar refractivity (Wildman–Crippen MR) is 535 cm³/mol. The van der Waals surface area contributed by atoms with Crippen LogP contribution >= 0.6 is 11.3 Å². The number of rotatable bonds is 9. The summed E-state index contributed by atoms with van der Waals surface area (Å²) in [5.41, 5.74) is 22.1. The van der Waals surface area contributed by atoms with E-state index < -0.39 is 8.07 Å². The fourth-order valence-electron chi connectivity index (χ4n) is 20.6. The van der Waals surface area contributed by atoms with Gasteiger partial charge in [0.25, 0.3) is 0 Å². The van der Waals surface area contributed by atoms with Crippen molar-refractivity contribution in [3.63, 3.8) is 0 Å². The Labute approximate surface area is 721 Å². The molecular formula is C118H79N3OSSi. The number of fused-ring (bicyclic) bond motifs is 17. The Kier molecular flexibility index (Phi) is 17.2. The smallest absolute Gasteiger partial charge is 0.136 e. The number of allylic oxidation sites excluding steroid dienone is 2. The van der Waals surface area contributed by atoms with Crippen LogP contribution in [0.25, 0.3) is 228 Å². The van der Waals surface area contributed by atoms with Crippen molar-refractivity contribution >= 4 is 181 Å². The molecule has 26 rings (SSSR count). The topological polar surface area (TPSA) is 27.9 Å². The first-order valence-corrected chi connectivity index (χ1v) is 46.6. The van der Waals surface area contributed by atoms with Crippen molar-refractivity contribution in [2.75, 3.05) is 0 Å². The number of benzene rings is 20. The Balaban J connectivity index is 0.000000105. The molecule has 5 aromatic heterocycles. The molecule has 0 amide bonds. The second-order valence-corrected chi connectivity index (χ2v) is 38.5. The standard InChI is InChI=1S/C40H25NO.C40H25NS.C38H29NSi/c2*1-2-12-26(13-3-1)39-31-16-4-6-18-33(31)40(34-19-7-5-17-32(34)39)38-25-27-24-28(22-23-37(27)42-38)41-35-20-10-8-14-29(35)30-15-9-11-21-36(30)41;1-40(2)35(24-25-36(40)39-33-22-12-10-16-27(33)28-17-11-13-23-34(28)39)38-31-20-8-6-18-29(31)37(26-14-4-3-5-15-26)30-19-7-9-21-32(30)38/h2*1-25H;3-25H,1-2H3. The van der Waals surface area contributed by atoms with Gasteiger partial charge in [-0.3, -0.25) is 0 Å². The van der Waals surface area contributed by atoms with E-state index >= 15 is 0 Å². The molecule has 0 saturated heterocycles. The van der Waals surface area contributed by atoms with Crippen LogP contribution in [0.2, 0.25) is 13.1 Å². The number of hydrogen-bond donors (Lipinski definition) is 0. The van der Waals surface area contributed by atoms with Crippen molar-refractivity contribution < 1.29 is 4.42 Å². The third kappa shape index (κ3) is 11.6. The third-order valence-electron chi connectivity index (χ3n) is 26.0. The van der Waals surface area contributed by atoms with Crippen molar-refractivity contribution in [1.82, 2.24) is 13.7 Å². The lowest BCUT2D eigenvalue weighted by molar-refractivity contribution is 0.633. The molecule has 0 unspecified atom stereocenters. The van der Waals surface area contributed by atoms with Crippen LogP contribution in [-0.4, -0.2) is 21.8 Å². The van der Waals surface area contributed by atoms with Gasteiger partial charge in [-0.25, -0.2) is 0 Å². The summed E-state index contributed by atoms with van der Waals surface area (Å²) in [6, 6.07) is 156. The van der Waals surface area contributed by atoms with Crippen molar-refractivity contribution in [3.05, 3.63) is 448 Å². The van der Waals surface area contributed by atoms with Crippen LogP contribution in [0.5, 0.6) is 0 Å². The van der Waals surface area contributed by atoms with Gasteiger partial charge in [-0.2, -0.15) is 0 Å². The van der Waals surface area contributed by atoms with Crippen molar-refractivity contribution in [2.45, 2.75) is 13.1 Å². The molecule has 0 atom stereocenters. The van der Waals surface area contributed by atoms with Crippen molar-refractivity contribution in [3.8, 4) is 66.5 Å². The molecule has 0 N–H and O–H groups in total. The maximum absolute atomic E-state index is 6.65. The van der Waals surface area contributed by atoms with Crippen LogP contribution in [0.15, 0.2) is 447 Å². The molecule has 0 fully saturated rings. The van der Waals surface area contributed by atoms with Crippen LogP contribution in [0.4, 0.5) is 0 Å². The van der Waals surface area contributed by atoms with Crippen LogP contribution in [0.1, 0.15) is 5.56 Å². The van der Waals surface area contributed by atoms with Crippen LogP contribution < -0.4 is 0 Å². The van der Waals surface area contributed by atoms with Gasteiger partial charge in [0, 0.05) is 75.1 Å². The van der Waals surface area contributed by atoms with E-state index in [-0.39, 0.29) is 0 Å². The Morgan fingerprint density at radius 3 is 0.863 bits per heavy atom. The highest BCUT2D eigenvalue weighted by Crippen LogP contribution is 2.52. The first kappa shape index (κ1) is 72.6. The van der Waals surface area contributed by atoms with Gasteiger partial charge in [0.05, 0.1) is 33.1 Å². The molecule has 582 valence electrons. The lowest BCUT2D eigenvalue weighted by Gasteiger charge is -2.29. The SMILES string of the molecule is C[Si]1(C)C(c2c3ccccc3c(-c3ccccc3)c3ccccc23)=CC=C1n1c2ccccc2c2ccccc21.c1ccc(-c2c3ccccc3c(-c3cc4cc(-n5c6ccccc6c6ccccc65)ccc4o3)c3ccccc23)cc1.c1ccc(-c2c3ccccc3c(-c3cc4cc(-n5c6ccccc6c6ccccc65)ccc4s3)c3ccccc23)cc1. The highest BCUT2D eigenvalue weighted by atomic mass is 32.1. The minimum atomic E-state index is -2.12. The van der Waals surface area contributed by atoms with Gasteiger partial charge >= 0.3 is 0 Å². The van der Waals surface area contributed by atoms with E-state index in [2.05, 4.69) is 470 Å². The summed E-state index contributed by atoms with van der Waals surface area (Å²) >= 11 is 1.89. The molecule has 6 heterocycles. The molecule has 0 bridgehead atoms. The van der Waals surface area contributed by atoms with Gasteiger partial charge in [0.2, 0.25) is 0 Å². The fourth-order valence-corrected chi connectivity index (χ4v) is 24.7. The number of hydrogen-bond acceptors (Lipinski definition) is 2. The van der Waals surface area contributed by atoms with Gasteiger partial charge in [0.15, 0.2) is 0 Å². The van der Waals surface area contributed by atoms with E-state index in [1.165, 1.54) is 206 Å². The van der Waals surface area contributed by atoms with Crippen LogP contribution in [0, 0.1) is 0 Å². The van der Waals surface area contributed by atoms with Gasteiger partial charge < -0.3 is 18.1 Å². The van der Waals surface area contributed by atoms with Crippen LogP contribution in [0.3, 0.4) is 0 Å². The number of aromatic nitrogens is 3. The number of thiophene rings is 1. The minimum Gasteiger partial charge on any atom is -0.456 e. The first-order chi connectivity index (χ1) is 61.3. The molecule has 20 aromatic carbocycles. The Morgan fingerprint density at radius 1 is 0.226 bits per heavy atom. The molecule has 1 aliphatic heterocycles. The summed E-state index contributed by atoms with van der Waals surface area (Å²) in [6.45, 7) is 5.05. The summed E-state index contributed by atoms with van der Waals surface area (Å²) in [7, 11) is -2.12. The monoisotopic (exact) mass is 1610 g/mol. The maximum atomic E-state index is 6.65. The molecule has 124 heavy (non-hydrogen) atoms.